The van der Waals surface area contributed by atoms with Crippen LogP contribution in [0.25, 0.3) is 5.69 Å². The first-order chi connectivity index (χ1) is 10.1. The Morgan fingerprint density at radius 2 is 2.19 bits per heavy atom. The summed E-state index contributed by atoms with van der Waals surface area (Å²) in [5.74, 6) is 0. The molecule has 0 amide bonds. The third-order valence-electron chi connectivity index (χ3n) is 4.30. The van der Waals surface area contributed by atoms with E-state index in [1.165, 1.54) is 5.56 Å². The van der Waals surface area contributed by atoms with E-state index in [0.29, 0.717) is 6.04 Å². The largest absolute Gasteiger partial charge is 0.314 e. The Labute approximate surface area is 125 Å². The molecule has 1 fully saturated rings. The summed E-state index contributed by atoms with van der Waals surface area (Å²) >= 11 is 0. The van der Waals surface area contributed by atoms with Crippen LogP contribution >= 0.6 is 0 Å². The maximum absolute atomic E-state index is 3.96. The maximum Gasteiger partial charge on any atom is 0.143 e. The Morgan fingerprint density at radius 1 is 1.33 bits per heavy atom. The van der Waals surface area contributed by atoms with Crippen molar-refractivity contribution in [3.63, 3.8) is 0 Å². The molecule has 112 valence electrons. The van der Waals surface area contributed by atoms with Gasteiger partial charge in [0.25, 0.3) is 0 Å². The first kappa shape index (κ1) is 14.2. The van der Waals surface area contributed by atoms with Gasteiger partial charge in [0.1, 0.15) is 6.33 Å². The predicted octanol–water partition coefficient (Wildman–Crippen LogP) is 1.41. The molecule has 1 aliphatic rings. The second-order valence-electron chi connectivity index (χ2n) is 6.21. The van der Waals surface area contributed by atoms with Crippen molar-refractivity contribution in [2.75, 3.05) is 19.6 Å². The molecule has 6 nitrogen and oxygen atoms in total. The van der Waals surface area contributed by atoms with Crippen molar-refractivity contribution in [1.82, 2.24) is 30.4 Å². The first-order valence-corrected chi connectivity index (χ1v) is 7.39. The lowest BCUT2D eigenvalue weighted by Crippen LogP contribution is -2.58. The number of benzene rings is 1. The van der Waals surface area contributed by atoms with Crippen LogP contribution in [0, 0.1) is 0 Å². The van der Waals surface area contributed by atoms with Gasteiger partial charge in [-0.25, -0.2) is 4.68 Å². The van der Waals surface area contributed by atoms with Crippen molar-refractivity contribution in [1.29, 1.82) is 0 Å². The van der Waals surface area contributed by atoms with Gasteiger partial charge in [-0.1, -0.05) is 12.1 Å². The average molecular weight is 286 g/mol. The molecule has 2 heterocycles. The fourth-order valence-electron chi connectivity index (χ4n) is 3.10. The summed E-state index contributed by atoms with van der Waals surface area (Å²) in [7, 11) is 0. The minimum absolute atomic E-state index is 0.155. The molecule has 3 rings (SSSR count). The molecule has 0 aliphatic carbocycles. The zero-order valence-corrected chi connectivity index (χ0v) is 12.8. The number of aromatic nitrogens is 4. The zero-order valence-electron chi connectivity index (χ0n) is 12.8. The van der Waals surface area contributed by atoms with E-state index >= 15 is 0 Å². The molecule has 0 radical (unpaired) electrons. The molecule has 2 aromatic rings. The normalized spacial score (nSPS) is 20.3. The Morgan fingerprint density at radius 3 is 2.90 bits per heavy atom. The number of hydrogen-bond acceptors (Lipinski definition) is 5. The fraction of sp³-hybridized carbons (Fsp3) is 0.533. The standard InChI is InChI=1S/C15H22N6/c1-12(20-8-7-16-10-15(20,2)3)13-5-4-6-14(9-13)21-11-17-18-19-21/h4-6,9,11-12,16H,7-8,10H2,1-3H3. The molecule has 1 aromatic carbocycles. The van der Waals surface area contributed by atoms with Gasteiger partial charge in [-0.05, 0) is 48.9 Å². The summed E-state index contributed by atoms with van der Waals surface area (Å²) in [5, 5.41) is 14.8. The van der Waals surface area contributed by atoms with Crippen LogP contribution in [-0.4, -0.2) is 50.3 Å². The Balaban J connectivity index is 1.88. The van der Waals surface area contributed by atoms with Crippen molar-refractivity contribution in [2.45, 2.75) is 32.4 Å². The van der Waals surface area contributed by atoms with E-state index in [0.717, 1.165) is 25.3 Å². The van der Waals surface area contributed by atoms with Gasteiger partial charge in [0.05, 0.1) is 5.69 Å². The Bertz CT molecular complexity index is 592. The van der Waals surface area contributed by atoms with Gasteiger partial charge in [-0.3, -0.25) is 4.90 Å². The van der Waals surface area contributed by atoms with Crippen LogP contribution < -0.4 is 5.32 Å². The zero-order chi connectivity index (χ0) is 14.9. The van der Waals surface area contributed by atoms with E-state index < -0.39 is 0 Å². The lowest BCUT2D eigenvalue weighted by atomic mass is 9.95. The molecule has 1 unspecified atom stereocenters. The predicted molar refractivity (Wildman–Crippen MR) is 81.2 cm³/mol. The van der Waals surface area contributed by atoms with Crippen LogP contribution in [0.4, 0.5) is 0 Å². The Kier molecular flexibility index (Phi) is 3.73. The van der Waals surface area contributed by atoms with Crippen molar-refractivity contribution >= 4 is 0 Å². The number of piperazine rings is 1. The molecular weight excluding hydrogens is 264 g/mol. The minimum atomic E-state index is 0.155. The topological polar surface area (TPSA) is 58.9 Å². The monoisotopic (exact) mass is 286 g/mol. The summed E-state index contributed by atoms with van der Waals surface area (Å²) in [6.07, 6.45) is 1.62. The molecule has 1 aromatic heterocycles. The van der Waals surface area contributed by atoms with E-state index in [1.807, 2.05) is 6.07 Å². The van der Waals surface area contributed by atoms with Crippen LogP contribution in [0.5, 0.6) is 0 Å². The van der Waals surface area contributed by atoms with Gasteiger partial charge in [0.15, 0.2) is 0 Å². The summed E-state index contributed by atoms with van der Waals surface area (Å²) < 4.78 is 1.69. The van der Waals surface area contributed by atoms with Crippen LogP contribution in [0.15, 0.2) is 30.6 Å². The van der Waals surface area contributed by atoms with Gasteiger partial charge in [0.2, 0.25) is 0 Å². The van der Waals surface area contributed by atoms with Crippen molar-refractivity contribution in [3.8, 4) is 5.69 Å². The number of rotatable bonds is 3. The molecule has 1 saturated heterocycles. The third kappa shape index (κ3) is 2.82. The van der Waals surface area contributed by atoms with Gasteiger partial charge in [-0.15, -0.1) is 5.10 Å². The van der Waals surface area contributed by atoms with Gasteiger partial charge in [0, 0.05) is 31.2 Å². The fourth-order valence-corrected chi connectivity index (χ4v) is 3.10. The summed E-state index contributed by atoms with van der Waals surface area (Å²) in [5.41, 5.74) is 2.44. The number of hydrogen-bond donors (Lipinski definition) is 1. The van der Waals surface area contributed by atoms with E-state index in [4.69, 9.17) is 0 Å². The molecule has 0 spiro atoms. The van der Waals surface area contributed by atoms with E-state index in [1.54, 1.807) is 11.0 Å². The lowest BCUT2D eigenvalue weighted by molar-refractivity contribution is 0.0516. The SMILES string of the molecule is CC(c1cccc(-n2cnnn2)c1)N1CCNCC1(C)C. The van der Waals surface area contributed by atoms with Crippen LogP contribution in [0.3, 0.4) is 0 Å². The van der Waals surface area contributed by atoms with Gasteiger partial charge in [-0.2, -0.15) is 0 Å². The van der Waals surface area contributed by atoms with E-state index in [2.05, 4.69) is 64.7 Å². The number of nitrogens with one attached hydrogen (secondary N) is 1. The second kappa shape index (κ2) is 5.54. The third-order valence-corrected chi connectivity index (χ3v) is 4.30. The maximum atomic E-state index is 3.96. The highest BCUT2D eigenvalue weighted by Gasteiger charge is 2.33. The van der Waals surface area contributed by atoms with Crippen molar-refractivity contribution < 1.29 is 0 Å². The van der Waals surface area contributed by atoms with Crippen LogP contribution in [0.2, 0.25) is 0 Å². The van der Waals surface area contributed by atoms with Crippen LogP contribution in [0.1, 0.15) is 32.4 Å². The molecule has 21 heavy (non-hydrogen) atoms. The van der Waals surface area contributed by atoms with Crippen LogP contribution in [-0.2, 0) is 0 Å². The molecule has 0 bridgehead atoms. The Hall–Kier alpha value is -1.79. The summed E-state index contributed by atoms with van der Waals surface area (Å²) in [6.45, 7) is 9.97. The number of nitrogens with zero attached hydrogens (tertiary/aromatic N) is 5. The van der Waals surface area contributed by atoms with Crippen molar-refractivity contribution in [3.05, 3.63) is 36.2 Å². The quantitative estimate of drug-likeness (QED) is 0.924. The highest BCUT2D eigenvalue weighted by Crippen LogP contribution is 2.29. The molecule has 1 N–H and O–H groups in total. The smallest absolute Gasteiger partial charge is 0.143 e. The van der Waals surface area contributed by atoms with Gasteiger partial charge < -0.3 is 5.32 Å². The minimum Gasteiger partial charge on any atom is -0.314 e. The molecular formula is C15H22N6. The van der Waals surface area contributed by atoms with Crippen molar-refractivity contribution in [2.24, 2.45) is 0 Å². The summed E-state index contributed by atoms with van der Waals surface area (Å²) in [6, 6.07) is 8.79. The second-order valence-corrected chi connectivity index (χ2v) is 6.21. The highest BCUT2D eigenvalue weighted by atomic mass is 15.5. The highest BCUT2D eigenvalue weighted by molar-refractivity contribution is 5.36. The molecule has 0 saturated carbocycles. The van der Waals surface area contributed by atoms with E-state index in [-0.39, 0.29) is 5.54 Å². The summed E-state index contributed by atoms with van der Waals surface area (Å²) in [4.78, 5) is 2.56. The average Bonchev–Trinajstić information content (AvgIpc) is 3.00. The lowest BCUT2D eigenvalue weighted by Gasteiger charge is -2.46. The number of tetrazole rings is 1. The molecule has 1 atom stereocenters. The van der Waals surface area contributed by atoms with E-state index in [9.17, 15) is 0 Å². The molecule has 6 heteroatoms. The molecule has 1 aliphatic heterocycles. The van der Waals surface area contributed by atoms with Gasteiger partial charge >= 0.3 is 0 Å². The first-order valence-electron chi connectivity index (χ1n) is 7.39.